The molecule has 182 valence electrons. The van der Waals surface area contributed by atoms with Gasteiger partial charge in [-0.25, -0.2) is 9.97 Å². The van der Waals surface area contributed by atoms with Crippen LogP contribution in [0.1, 0.15) is 45.3 Å². The number of anilines is 1. The molecule has 1 amide bonds. The van der Waals surface area contributed by atoms with Crippen LogP contribution < -0.4 is 9.64 Å². The van der Waals surface area contributed by atoms with Crippen molar-refractivity contribution >= 4 is 45.3 Å². The summed E-state index contributed by atoms with van der Waals surface area (Å²) in [5.74, 6) is -1.62. The quantitative estimate of drug-likeness (QED) is 0.188. The Labute approximate surface area is 210 Å². The lowest BCUT2D eigenvalue weighted by Crippen LogP contribution is -2.29. The van der Waals surface area contributed by atoms with Crippen LogP contribution in [0, 0.1) is 13.8 Å². The SMILES string of the molecule is COc1ccc(C2/C(=C(\O)c3c(C)nc4ccccn34)C(=O)C(=O)N2c2nc(C)c(C(C)=O)s2)cc1. The fourth-order valence-corrected chi connectivity index (χ4v) is 5.46. The standard InChI is InChI=1S/C26H22N4O5S/c1-13-20(29-12-6-5-7-18(29)27-13)22(32)19-21(16-8-10-17(35-4)11-9-16)30(25(34)23(19)33)26-28-14(2)24(36-26)15(3)31/h5-12,21,32H,1-4H3/b22-19+. The first-order valence-electron chi connectivity index (χ1n) is 11.1. The number of hydrogen-bond donors (Lipinski definition) is 1. The van der Waals surface area contributed by atoms with Crippen LogP contribution in [-0.4, -0.2) is 44.1 Å². The predicted molar refractivity (Wildman–Crippen MR) is 135 cm³/mol. The molecule has 1 aliphatic heterocycles. The Morgan fingerprint density at radius 1 is 1.06 bits per heavy atom. The number of amides is 1. The van der Waals surface area contributed by atoms with Crippen LogP contribution in [0.25, 0.3) is 11.4 Å². The topological polar surface area (TPSA) is 114 Å². The summed E-state index contributed by atoms with van der Waals surface area (Å²) >= 11 is 1.04. The monoisotopic (exact) mass is 502 g/mol. The third-order valence-electron chi connectivity index (χ3n) is 6.12. The van der Waals surface area contributed by atoms with E-state index in [4.69, 9.17) is 4.74 Å². The van der Waals surface area contributed by atoms with Crippen LogP contribution in [0.4, 0.5) is 5.13 Å². The number of aliphatic hydroxyl groups excluding tert-OH is 1. The van der Waals surface area contributed by atoms with Crippen molar-refractivity contribution in [1.29, 1.82) is 0 Å². The number of thiazole rings is 1. The lowest BCUT2D eigenvalue weighted by atomic mass is 9.96. The highest BCUT2D eigenvalue weighted by Gasteiger charge is 2.48. The number of aliphatic hydroxyl groups is 1. The van der Waals surface area contributed by atoms with Crippen molar-refractivity contribution in [2.24, 2.45) is 0 Å². The van der Waals surface area contributed by atoms with Crippen molar-refractivity contribution in [3.8, 4) is 5.75 Å². The molecule has 0 bridgehead atoms. The molecule has 1 N–H and O–H groups in total. The van der Waals surface area contributed by atoms with Gasteiger partial charge >= 0.3 is 5.91 Å². The van der Waals surface area contributed by atoms with Crippen molar-refractivity contribution in [2.45, 2.75) is 26.8 Å². The molecule has 1 saturated heterocycles. The van der Waals surface area contributed by atoms with E-state index < -0.39 is 17.7 Å². The molecule has 36 heavy (non-hydrogen) atoms. The molecule has 0 radical (unpaired) electrons. The number of carbonyl (C=O) groups is 3. The molecule has 0 spiro atoms. The summed E-state index contributed by atoms with van der Waals surface area (Å²) in [5, 5.41) is 11.7. The molecule has 1 fully saturated rings. The Morgan fingerprint density at radius 2 is 1.78 bits per heavy atom. The van der Waals surface area contributed by atoms with E-state index in [1.54, 1.807) is 60.8 Å². The molecule has 5 rings (SSSR count). The van der Waals surface area contributed by atoms with Crippen LogP contribution in [-0.2, 0) is 9.59 Å². The third-order valence-corrected chi connectivity index (χ3v) is 7.37. The van der Waals surface area contributed by atoms with Crippen molar-refractivity contribution in [1.82, 2.24) is 14.4 Å². The van der Waals surface area contributed by atoms with Crippen molar-refractivity contribution in [2.75, 3.05) is 12.0 Å². The van der Waals surface area contributed by atoms with Gasteiger partial charge in [-0.2, -0.15) is 0 Å². The lowest BCUT2D eigenvalue weighted by Gasteiger charge is -2.23. The van der Waals surface area contributed by atoms with Crippen LogP contribution in [0.2, 0.25) is 0 Å². The van der Waals surface area contributed by atoms with Crippen molar-refractivity contribution in [3.63, 3.8) is 0 Å². The molecule has 9 nitrogen and oxygen atoms in total. The number of benzene rings is 1. The van der Waals surface area contributed by atoms with Crippen molar-refractivity contribution in [3.05, 3.63) is 81.8 Å². The summed E-state index contributed by atoms with van der Waals surface area (Å²) in [6.07, 6.45) is 1.73. The Balaban J connectivity index is 1.77. The number of hydrogen-bond acceptors (Lipinski definition) is 8. The summed E-state index contributed by atoms with van der Waals surface area (Å²) < 4.78 is 6.93. The zero-order valence-electron chi connectivity index (χ0n) is 20.0. The summed E-state index contributed by atoms with van der Waals surface area (Å²) in [6, 6.07) is 11.3. The Morgan fingerprint density at radius 3 is 2.42 bits per heavy atom. The number of rotatable bonds is 5. The van der Waals surface area contributed by atoms with E-state index in [0.717, 1.165) is 11.3 Å². The van der Waals surface area contributed by atoms with Gasteiger partial charge < -0.3 is 9.84 Å². The van der Waals surface area contributed by atoms with Crippen LogP contribution in [0.5, 0.6) is 5.75 Å². The molecular formula is C26H22N4O5S. The van der Waals surface area contributed by atoms with Crippen molar-refractivity contribution < 1.29 is 24.2 Å². The van der Waals surface area contributed by atoms with Gasteiger partial charge in [0.1, 0.15) is 17.1 Å². The number of carbonyl (C=O) groups excluding carboxylic acids is 3. The van der Waals surface area contributed by atoms with Gasteiger partial charge in [0.15, 0.2) is 16.7 Å². The average molecular weight is 503 g/mol. The van der Waals surface area contributed by atoms with E-state index in [0.29, 0.717) is 38.9 Å². The maximum Gasteiger partial charge on any atom is 0.301 e. The Kier molecular flexibility index (Phi) is 5.68. The number of ketones is 2. The smallest absolute Gasteiger partial charge is 0.301 e. The van der Waals surface area contributed by atoms with Gasteiger partial charge in [0.05, 0.1) is 35.0 Å². The van der Waals surface area contributed by atoms with Crippen LogP contribution in [0.15, 0.2) is 54.2 Å². The molecule has 3 aromatic heterocycles. The maximum atomic E-state index is 13.5. The van der Waals surface area contributed by atoms with Gasteiger partial charge in [-0.15, -0.1) is 0 Å². The van der Waals surface area contributed by atoms with Gasteiger partial charge in [-0.3, -0.25) is 23.7 Å². The van der Waals surface area contributed by atoms with Gasteiger partial charge in [0.2, 0.25) is 0 Å². The molecule has 1 aromatic carbocycles. The molecule has 4 heterocycles. The fourth-order valence-electron chi connectivity index (χ4n) is 4.47. The Bertz CT molecular complexity index is 1580. The van der Waals surface area contributed by atoms with Gasteiger partial charge in [0.25, 0.3) is 5.78 Å². The number of Topliss-reactive ketones (excluding diaryl/α,β-unsaturated/α-hetero) is 2. The predicted octanol–water partition coefficient (Wildman–Crippen LogP) is 4.25. The second-order valence-corrected chi connectivity index (χ2v) is 9.36. The molecule has 0 saturated carbocycles. The first-order chi connectivity index (χ1) is 17.2. The zero-order valence-corrected chi connectivity index (χ0v) is 20.8. The van der Waals surface area contributed by atoms with E-state index in [-0.39, 0.29) is 22.2 Å². The number of aromatic nitrogens is 3. The van der Waals surface area contributed by atoms with E-state index in [1.807, 2.05) is 6.07 Å². The number of fused-ring (bicyclic) bond motifs is 1. The number of aryl methyl sites for hydroxylation is 2. The normalized spacial score (nSPS) is 17.2. The first kappa shape index (κ1) is 23.4. The maximum absolute atomic E-state index is 13.5. The van der Waals surface area contributed by atoms with E-state index in [2.05, 4.69) is 9.97 Å². The zero-order chi connectivity index (χ0) is 25.7. The number of imidazole rings is 1. The highest BCUT2D eigenvalue weighted by Crippen LogP contribution is 2.44. The second-order valence-electron chi connectivity index (χ2n) is 8.38. The van der Waals surface area contributed by atoms with Gasteiger partial charge in [-0.05, 0) is 43.7 Å². The molecule has 1 unspecified atom stereocenters. The summed E-state index contributed by atoms with van der Waals surface area (Å²) in [7, 11) is 1.54. The van der Waals surface area contributed by atoms with Gasteiger partial charge in [-0.1, -0.05) is 29.5 Å². The first-order valence-corrected chi connectivity index (χ1v) is 11.9. The van der Waals surface area contributed by atoms with Crippen LogP contribution in [0.3, 0.4) is 0 Å². The summed E-state index contributed by atoms with van der Waals surface area (Å²) in [5.41, 5.74) is 2.37. The number of nitrogens with zero attached hydrogens (tertiary/aromatic N) is 4. The highest BCUT2D eigenvalue weighted by molar-refractivity contribution is 7.18. The minimum atomic E-state index is -0.977. The summed E-state index contributed by atoms with van der Waals surface area (Å²) in [4.78, 5) is 49.5. The minimum Gasteiger partial charge on any atom is -0.505 e. The molecule has 1 atom stereocenters. The number of pyridine rings is 1. The Hall–Kier alpha value is -4.31. The molecule has 1 aliphatic rings. The van der Waals surface area contributed by atoms with E-state index >= 15 is 0 Å². The highest BCUT2D eigenvalue weighted by atomic mass is 32.1. The largest absolute Gasteiger partial charge is 0.505 e. The minimum absolute atomic E-state index is 0.0869. The lowest BCUT2D eigenvalue weighted by molar-refractivity contribution is -0.132. The number of ether oxygens (including phenoxy) is 1. The summed E-state index contributed by atoms with van der Waals surface area (Å²) in [6.45, 7) is 4.83. The third kappa shape index (κ3) is 3.57. The molecule has 10 heteroatoms. The number of methoxy groups -OCH3 is 1. The average Bonchev–Trinajstić information content (AvgIpc) is 3.49. The second kappa shape index (κ2) is 8.72. The molecule has 0 aliphatic carbocycles. The molecular weight excluding hydrogens is 480 g/mol. The van der Waals surface area contributed by atoms with Crippen LogP contribution >= 0.6 is 11.3 Å². The fraction of sp³-hybridized carbons (Fsp3) is 0.192. The van der Waals surface area contributed by atoms with E-state index in [1.165, 1.54) is 18.9 Å². The van der Waals surface area contributed by atoms with E-state index in [9.17, 15) is 19.5 Å². The van der Waals surface area contributed by atoms with Gasteiger partial charge in [0, 0.05) is 13.1 Å². The molecule has 4 aromatic rings.